The van der Waals surface area contributed by atoms with Crippen molar-refractivity contribution >= 4 is 5.91 Å². The summed E-state index contributed by atoms with van der Waals surface area (Å²) < 4.78 is 0. The number of rotatable bonds is 3. The molecule has 1 fully saturated rings. The second-order valence-corrected chi connectivity index (χ2v) is 4.19. The minimum atomic E-state index is -0.354. The van der Waals surface area contributed by atoms with Crippen LogP contribution in [0.2, 0.25) is 0 Å². The number of hydrogen-bond acceptors (Lipinski definition) is 2. The molecule has 2 atom stereocenters. The first-order chi connectivity index (χ1) is 7.69. The van der Waals surface area contributed by atoms with Crippen LogP contribution in [0.25, 0.3) is 0 Å². The fourth-order valence-corrected chi connectivity index (χ4v) is 2.27. The summed E-state index contributed by atoms with van der Waals surface area (Å²) in [5.41, 5.74) is 8.30. The summed E-state index contributed by atoms with van der Waals surface area (Å²) in [5.74, 6) is 0.0621. The summed E-state index contributed by atoms with van der Waals surface area (Å²) in [7, 11) is 0. The van der Waals surface area contributed by atoms with E-state index in [0.717, 1.165) is 18.5 Å². The molecule has 0 unspecified atom stereocenters. The first-order valence-corrected chi connectivity index (χ1v) is 5.84. The Bertz CT molecular complexity index is 385. The largest absolute Gasteiger partial charge is 0.332 e. The van der Waals surface area contributed by atoms with Crippen LogP contribution in [0.4, 0.5) is 0 Å². The second-order valence-electron chi connectivity index (χ2n) is 4.19. The SMILES string of the molecule is CCc1ccc([C@@H]2[C@@H](N)C(=O)N2CC)cc1. The Morgan fingerprint density at radius 1 is 1.25 bits per heavy atom. The lowest BCUT2D eigenvalue weighted by Gasteiger charge is -2.45. The topological polar surface area (TPSA) is 46.3 Å². The minimum absolute atomic E-state index is 0.0621. The first-order valence-electron chi connectivity index (χ1n) is 5.84. The van der Waals surface area contributed by atoms with Crippen molar-refractivity contribution in [2.45, 2.75) is 32.4 Å². The average molecular weight is 218 g/mol. The van der Waals surface area contributed by atoms with Crippen molar-refractivity contribution in [2.75, 3.05) is 6.54 Å². The molecule has 16 heavy (non-hydrogen) atoms. The highest BCUT2D eigenvalue weighted by Crippen LogP contribution is 2.33. The summed E-state index contributed by atoms with van der Waals surface area (Å²) in [5, 5.41) is 0. The number of likely N-dealkylation sites (tertiary alicyclic amines) is 1. The number of hydrogen-bond donors (Lipinski definition) is 1. The molecule has 1 heterocycles. The summed E-state index contributed by atoms with van der Waals surface area (Å²) >= 11 is 0. The molecule has 3 nitrogen and oxygen atoms in total. The zero-order valence-corrected chi connectivity index (χ0v) is 9.81. The third kappa shape index (κ3) is 1.61. The number of carbonyl (C=O) groups excluding carboxylic acids is 1. The number of nitrogens with two attached hydrogens (primary N) is 1. The molecule has 86 valence electrons. The third-order valence-corrected chi connectivity index (χ3v) is 3.31. The molecule has 0 bridgehead atoms. The van der Waals surface area contributed by atoms with Crippen LogP contribution in [0.1, 0.15) is 31.0 Å². The quantitative estimate of drug-likeness (QED) is 0.781. The van der Waals surface area contributed by atoms with Gasteiger partial charge in [-0.2, -0.15) is 0 Å². The molecular formula is C13H18N2O. The van der Waals surface area contributed by atoms with E-state index in [4.69, 9.17) is 5.73 Å². The van der Waals surface area contributed by atoms with Crippen LogP contribution < -0.4 is 5.73 Å². The molecular weight excluding hydrogens is 200 g/mol. The number of carbonyl (C=O) groups is 1. The van der Waals surface area contributed by atoms with E-state index in [1.54, 1.807) is 0 Å². The van der Waals surface area contributed by atoms with Crippen LogP contribution in [0.3, 0.4) is 0 Å². The van der Waals surface area contributed by atoms with E-state index >= 15 is 0 Å². The predicted molar refractivity (Wildman–Crippen MR) is 63.9 cm³/mol. The van der Waals surface area contributed by atoms with Crippen LogP contribution in [0.15, 0.2) is 24.3 Å². The maximum atomic E-state index is 11.5. The van der Waals surface area contributed by atoms with Gasteiger partial charge >= 0.3 is 0 Å². The van der Waals surface area contributed by atoms with Gasteiger partial charge in [0.1, 0.15) is 6.04 Å². The van der Waals surface area contributed by atoms with Gasteiger partial charge < -0.3 is 10.6 Å². The molecule has 1 amide bonds. The van der Waals surface area contributed by atoms with E-state index in [-0.39, 0.29) is 18.0 Å². The molecule has 1 aliphatic heterocycles. The maximum absolute atomic E-state index is 11.5. The summed E-state index contributed by atoms with van der Waals surface area (Å²) in [6, 6.07) is 8.10. The fraction of sp³-hybridized carbons (Fsp3) is 0.462. The Balaban J connectivity index is 2.20. The molecule has 0 radical (unpaired) electrons. The van der Waals surface area contributed by atoms with Crippen LogP contribution in [-0.2, 0) is 11.2 Å². The van der Waals surface area contributed by atoms with Gasteiger partial charge in [-0.15, -0.1) is 0 Å². The van der Waals surface area contributed by atoms with Crippen molar-refractivity contribution in [3.63, 3.8) is 0 Å². The van der Waals surface area contributed by atoms with Crippen LogP contribution in [0, 0.1) is 0 Å². The Hall–Kier alpha value is -1.35. The van der Waals surface area contributed by atoms with Crippen molar-refractivity contribution in [1.82, 2.24) is 4.90 Å². The number of likely N-dealkylation sites (N-methyl/N-ethyl adjacent to an activating group) is 1. The highest BCUT2D eigenvalue weighted by atomic mass is 16.2. The van der Waals surface area contributed by atoms with E-state index in [1.165, 1.54) is 5.56 Å². The monoisotopic (exact) mass is 218 g/mol. The molecule has 0 aliphatic carbocycles. The van der Waals surface area contributed by atoms with Gasteiger partial charge in [-0.3, -0.25) is 4.79 Å². The standard InChI is InChI=1S/C13H18N2O/c1-3-9-5-7-10(8-6-9)12-11(14)13(16)15(12)4-2/h5-8,11-12H,3-4,14H2,1-2H3/t11-,12-/m1/s1. The van der Waals surface area contributed by atoms with Gasteiger partial charge in [0.05, 0.1) is 6.04 Å². The Kier molecular flexibility index (Phi) is 2.97. The second kappa shape index (κ2) is 4.26. The average Bonchev–Trinajstić information content (AvgIpc) is 2.34. The highest BCUT2D eigenvalue weighted by molar-refractivity contribution is 5.89. The van der Waals surface area contributed by atoms with Gasteiger partial charge in [-0.05, 0) is 24.5 Å². The van der Waals surface area contributed by atoms with E-state index in [9.17, 15) is 4.79 Å². The van der Waals surface area contributed by atoms with Crippen LogP contribution >= 0.6 is 0 Å². The van der Waals surface area contributed by atoms with Crippen molar-refractivity contribution in [2.24, 2.45) is 5.73 Å². The molecule has 0 spiro atoms. The van der Waals surface area contributed by atoms with E-state index < -0.39 is 0 Å². The van der Waals surface area contributed by atoms with Gasteiger partial charge in [0, 0.05) is 6.54 Å². The van der Waals surface area contributed by atoms with Gasteiger partial charge in [0.25, 0.3) is 0 Å². The summed E-state index contributed by atoms with van der Waals surface area (Å²) in [6.45, 7) is 4.84. The third-order valence-electron chi connectivity index (χ3n) is 3.31. The number of amides is 1. The predicted octanol–water partition coefficient (Wildman–Crippen LogP) is 1.48. The number of aryl methyl sites for hydroxylation is 1. The van der Waals surface area contributed by atoms with Crippen LogP contribution in [-0.4, -0.2) is 23.4 Å². The molecule has 0 aromatic heterocycles. The van der Waals surface area contributed by atoms with E-state index in [1.807, 2.05) is 11.8 Å². The summed E-state index contributed by atoms with van der Waals surface area (Å²) in [6.07, 6.45) is 1.04. The molecule has 2 rings (SSSR count). The Morgan fingerprint density at radius 2 is 1.88 bits per heavy atom. The number of β-lactam (4-membered cyclic amide) rings is 1. The smallest absolute Gasteiger partial charge is 0.242 e. The fourth-order valence-electron chi connectivity index (χ4n) is 2.27. The van der Waals surface area contributed by atoms with Crippen molar-refractivity contribution in [1.29, 1.82) is 0 Å². The zero-order valence-electron chi connectivity index (χ0n) is 9.81. The van der Waals surface area contributed by atoms with Crippen molar-refractivity contribution in [3.8, 4) is 0 Å². The maximum Gasteiger partial charge on any atom is 0.242 e. The lowest BCUT2D eigenvalue weighted by Crippen LogP contribution is -2.62. The minimum Gasteiger partial charge on any atom is -0.332 e. The van der Waals surface area contributed by atoms with Crippen molar-refractivity contribution in [3.05, 3.63) is 35.4 Å². The Morgan fingerprint density at radius 3 is 2.38 bits per heavy atom. The van der Waals surface area contributed by atoms with E-state index in [0.29, 0.717) is 0 Å². The highest BCUT2D eigenvalue weighted by Gasteiger charge is 2.44. The molecule has 1 aromatic carbocycles. The molecule has 1 aromatic rings. The van der Waals surface area contributed by atoms with Crippen molar-refractivity contribution < 1.29 is 4.79 Å². The lowest BCUT2D eigenvalue weighted by atomic mass is 9.88. The lowest BCUT2D eigenvalue weighted by molar-refractivity contribution is -0.149. The van der Waals surface area contributed by atoms with Gasteiger partial charge in [0.15, 0.2) is 0 Å². The molecule has 2 N–H and O–H groups in total. The van der Waals surface area contributed by atoms with Gasteiger partial charge in [-0.1, -0.05) is 31.2 Å². The normalized spacial score (nSPS) is 24.4. The number of nitrogens with zero attached hydrogens (tertiary/aromatic N) is 1. The van der Waals surface area contributed by atoms with Gasteiger partial charge in [0.2, 0.25) is 5.91 Å². The Labute approximate surface area is 96.2 Å². The molecule has 3 heteroatoms. The summed E-state index contributed by atoms with van der Waals surface area (Å²) in [4.78, 5) is 13.3. The van der Waals surface area contributed by atoms with Crippen LogP contribution in [0.5, 0.6) is 0 Å². The molecule has 1 saturated heterocycles. The molecule has 1 aliphatic rings. The number of benzene rings is 1. The van der Waals surface area contributed by atoms with E-state index in [2.05, 4.69) is 31.2 Å². The first kappa shape index (κ1) is 11.1. The zero-order chi connectivity index (χ0) is 11.7. The van der Waals surface area contributed by atoms with Gasteiger partial charge in [-0.25, -0.2) is 0 Å². The molecule has 0 saturated carbocycles.